The Bertz CT molecular complexity index is 775. The molecule has 0 aliphatic heterocycles. The first-order valence-corrected chi connectivity index (χ1v) is 6.73. The average Bonchev–Trinajstić information content (AvgIpc) is 2.70. The fourth-order valence-corrected chi connectivity index (χ4v) is 2.51. The molecule has 2 N–H and O–H groups in total. The second-order valence-corrected chi connectivity index (χ2v) is 5.24. The number of benzene rings is 2. The van der Waals surface area contributed by atoms with E-state index < -0.39 is 23.2 Å². The number of carbonyl (C=O) groups excluding carboxylic acids is 3. The lowest BCUT2D eigenvalue weighted by atomic mass is 10.1. The second kappa shape index (κ2) is 4.89. The molecule has 1 amide bonds. The molecule has 0 aromatic heterocycles. The number of aliphatic hydroxyl groups is 1. The maximum absolute atomic E-state index is 12.3. The molecule has 22 heavy (non-hydrogen) atoms. The topological polar surface area (TPSA) is 83.5 Å². The molecule has 0 unspecified atom stereocenters. The molecule has 3 rings (SSSR count). The summed E-state index contributed by atoms with van der Waals surface area (Å²) in [4.78, 5) is 36.8. The van der Waals surface area contributed by atoms with Crippen LogP contribution in [0.15, 0.2) is 48.5 Å². The summed E-state index contributed by atoms with van der Waals surface area (Å²) in [6.45, 7) is 1.81. The lowest BCUT2D eigenvalue weighted by molar-refractivity contribution is 0.0192. The first-order valence-electron chi connectivity index (χ1n) is 6.73. The summed E-state index contributed by atoms with van der Waals surface area (Å²) in [6.07, 6.45) is 0. The number of carbonyl (C=O) groups is 3. The van der Waals surface area contributed by atoms with E-state index in [1.54, 1.807) is 30.3 Å². The number of Topliss-reactive ketones (excluding diaryl/α,β-unsaturated/α-hetero) is 2. The summed E-state index contributed by atoms with van der Waals surface area (Å²) in [7, 11) is 0. The Hall–Kier alpha value is -2.79. The van der Waals surface area contributed by atoms with E-state index in [-0.39, 0.29) is 16.7 Å². The van der Waals surface area contributed by atoms with E-state index in [0.29, 0.717) is 0 Å². The number of ketones is 2. The van der Waals surface area contributed by atoms with Crippen molar-refractivity contribution in [1.29, 1.82) is 0 Å². The van der Waals surface area contributed by atoms with E-state index in [2.05, 4.69) is 5.32 Å². The quantitative estimate of drug-likeness (QED) is 0.649. The van der Waals surface area contributed by atoms with Gasteiger partial charge < -0.3 is 10.4 Å². The van der Waals surface area contributed by atoms with Gasteiger partial charge in [0.25, 0.3) is 11.6 Å². The predicted molar refractivity (Wildman–Crippen MR) is 78.7 cm³/mol. The molecule has 2 aromatic carbocycles. The lowest BCUT2D eigenvalue weighted by Crippen LogP contribution is -2.56. The van der Waals surface area contributed by atoms with Gasteiger partial charge in [0.15, 0.2) is 0 Å². The molecule has 0 atom stereocenters. The zero-order valence-corrected chi connectivity index (χ0v) is 11.8. The van der Waals surface area contributed by atoms with Crippen LogP contribution in [-0.4, -0.2) is 28.3 Å². The van der Waals surface area contributed by atoms with Crippen molar-refractivity contribution in [3.8, 4) is 0 Å². The zero-order valence-electron chi connectivity index (χ0n) is 11.8. The van der Waals surface area contributed by atoms with Crippen LogP contribution in [0, 0.1) is 6.92 Å². The van der Waals surface area contributed by atoms with Crippen molar-refractivity contribution in [2.45, 2.75) is 12.6 Å². The molecular formula is C17H13NO4. The van der Waals surface area contributed by atoms with Crippen LogP contribution in [0.25, 0.3) is 0 Å². The van der Waals surface area contributed by atoms with Gasteiger partial charge in [-0.25, -0.2) is 0 Å². The molecular weight excluding hydrogens is 282 g/mol. The molecule has 1 aliphatic rings. The molecule has 0 heterocycles. The standard InChI is InChI=1S/C17H13NO4/c1-10-5-4-6-11(9-10)16(21)18-17(22)14(19)12-7-2-3-8-13(12)15(17)20/h2-9,22H,1H3,(H,18,21). The van der Waals surface area contributed by atoms with Gasteiger partial charge in [0.1, 0.15) is 0 Å². The first-order chi connectivity index (χ1) is 10.4. The number of hydrogen-bond donors (Lipinski definition) is 2. The third-order valence-electron chi connectivity index (χ3n) is 3.65. The Morgan fingerprint density at radius 1 is 1.00 bits per heavy atom. The summed E-state index contributed by atoms with van der Waals surface area (Å²) in [5, 5.41) is 12.6. The predicted octanol–water partition coefficient (Wildman–Crippen LogP) is 1.49. The smallest absolute Gasteiger partial charge is 0.268 e. The highest BCUT2D eigenvalue weighted by Gasteiger charge is 2.53. The van der Waals surface area contributed by atoms with E-state index in [9.17, 15) is 19.5 Å². The molecule has 1 aliphatic carbocycles. The van der Waals surface area contributed by atoms with Crippen molar-refractivity contribution in [3.05, 3.63) is 70.8 Å². The van der Waals surface area contributed by atoms with Gasteiger partial charge >= 0.3 is 0 Å². The van der Waals surface area contributed by atoms with Gasteiger partial charge in [-0.2, -0.15) is 0 Å². The third-order valence-corrected chi connectivity index (χ3v) is 3.65. The molecule has 0 fully saturated rings. The maximum atomic E-state index is 12.3. The molecule has 5 heteroatoms. The molecule has 0 saturated carbocycles. The summed E-state index contributed by atoms with van der Waals surface area (Å²) >= 11 is 0. The van der Waals surface area contributed by atoms with Crippen LogP contribution in [0.2, 0.25) is 0 Å². The van der Waals surface area contributed by atoms with E-state index >= 15 is 0 Å². The van der Waals surface area contributed by atoms with Crippen LogP contribution >= 0.6 is 0 Å². The van der Waals surface area contributed by atoms with Crippen LogP contribution in [-0.2, 0) is 0 Å². The number of fused-ring (bicyclic) bond motifs is 1. The SMILES string of the molecule is Cc1cccc(C(=O)NC2(O)C(=O)c3ccccc3C2=O)c1. The maximum Gasteiger partial charge on any atom is 0.268 e. The third kappa shape index (κ3) is 2.03. The Morgan fingerprint density at radius 3 is 2.14 bits per heavy atom. The summed E-state index contributed by atoms with van der Waals surface area (Å²) in [5.74, 6) is -2.30. The molecule has 110 valence electrons. The number of aryl methyl sites for hydroxylation is 1. The fraction of sp³-hybridized carbons (Fsp3) is 0.118. The normalized spacial score (nSPS) is 15.5. The van der Waals surface area contributed by atoms with Crippen LogP contribution in [0.4, 0.5) is 0 Å². The van der Waals surface area contributed by atoms with Gasteiger partial charge in [-0.1, -0.05) is 42.0 Å². The van der Waals surface area contributed by atoms with Crippen LogP contribution in [0.5, 0.6) is 0 Å². The van der Waals surface area contributed by atoms with Crippen molar-refractivity contribution in [1.82, 2.24) is 5.32 Å². The Kier molecular flexibility index (Phi) is 3.15. The van der Waals surface area contributed by atoms with Gasteiger partial charge in [0, 0.05) is 16.7 Å². The van der Waals surface area contributed by atoms with E-state index in [1.165, 1.54) is 12.1 Å². The number of hydrogen-bond acceptors (Lipinski definition) is 4. The molecule has 0 bridgehead atoms. The van der Waals surface area contributed by atoms with Crippen molar-refractivity contribution >= 4 is 17.5 Å². The highest BCUT2D eigenvalue weighted by molar-refractivity contribution is 6.32. The van der Waals surface area contributed by atoms with Crippen molar-refractivity contribution < 1.29 is 19.5 Å². The highest BCUT2D eigenvalue weighted by atomic mass is 16.3. The summed E-state index contributed by atoms with van der Waals surface area (Å²) in [6, 6.07) is 12.7. The van der Waals surface area contributed by atoms with Crippen LogP contribution in [0.3, 0.4) is 0 Å². The minimum atomic E-state index is -2.54. The van der Waals surface area contributed by atoms with E-state index in [4.69, 9.17) is 0 Å². The molecule has 5 nitrogen and oxygen atoms in total. The van der Waals surface area contributed by atoms with E-state index in [0.717, 1.165) is 5.56 Å². The average molecular weight is 295 g/mol. The van der Waals surface area contributed by atoms with Gasteiger partial charge in [0.05, 0.1) is 0 Å². The zero-order chi connectivity index (χ0) is 15.9. The van der Waals surface area contributed by atoms with Crippen molar-refractivity contribution in [3.63, 3.8) is 0 Å². The highest BCUT2D eigenvalue weighted by Crippen LogP contribution is 2.28. The van der Waals surface area contributed by atoms with Gasteiger partial charge in [0.2, 0.25) is 11.6 Å². The summed E-state index contributed by atoms with van der Waals surface area (Å²) < 4.78 is 0. The summed E-state index contributed by atoms with van der Waals surface area (Å²) in [5.41, 5.74) is -1.19. The largest absolute Gasteiger partial charge is 0.358 e. The van der Waals surface area contributed by atoms with Gasteiger partial charge in [-0.3, -0.25) is 14.4 Å². The Morgan fingerprint density at radius 2 is 1.59 bits per heavy atom. The molecule has 2 aromatic rings. The second-order valence-electron chi connectivity index (χ2n) is 5.24. The molecule has 0 radical (unpaired) electrons. The fourth-order valence-electron chi connectivity index (χ4n) is 2.51. The number of rotatable bonds is 2. The molecule has 0 spiro atoms. The van der Waals surface area contributed by atoms with Crippen molar-refractivity contribution in [2.24, 2.45) is 0 Å². The minimum Gasteiger partial charge on any atom is -0.358 e. The van der Waals surface area contributed by atoms with Crippen LogP contribution in [0.1, 0.15) is 36.6 Å². The van der Waals surface area contributed by atoms with Gasteiger partial charge in [-0.15, -0.1) is 0 Å². The van der Waals surface area contributed by atoms with Crippen LogP contribution < -0.4 is 5.32 Å². The van der Waals surface area contributed by atoms with Crippen molar-refractivity contribution in [2.75, 3.05) is 0 Å². The number of amides is 1. The van der Waals surface area contributed by atoms with E-state index in [1.807, 2.05) is 13.0 Å². The number of nitrogens with one attached hydrogen (secondary N) is 1. The Labute approximate surface area is 126 Å². The Balaban J connectivity index is 1.94. The lowest BCUT2D eigenvalue weighted by Gasteiger charge is -2.20. The monoisotopic (exact) mass is 295 g/mol. The minimum absolute atomic E-state index is 0.111. The molecule has 0 saturated heterocycles. The van der Waals surface area contributed by atoms with Gasteiger partial charge in [-0.05, 0) is 19.1 Å². The first kappa shape index (κ1) is 14.2.